The fraction of sp³-hybridized carbons (Fsp3) is 0.300. The van der Waals surface area contributed by atoms with Crippen LogP contribution in [0.15, 0.2) is 145 Å². The first-order valence-corrected chi connectivity index (χ1v) is 25.8. The fourth-order valence-electron chi connectivity index (χ4n) is 10.3. The van der Waals surface area contributed by atoms with Gasteiger partial charge in [-0.15, -0.1) is 0 Å². The Morgan fingerprint density at radius 1 is 0.680 bits per heavy atom. The van der Waals surface area contributed by atoms with E-state index in [0.717, 1.165) is 69.0 Å². The van der Waals surface area contributed by atoms with Crippen LogP contribution in [0.5, 0.6) is 11.5 Å². The molecular weight excluding hydrogens is 945 g/mol. The van der Waals surface area contributed by atoms with Gasteiger partial charge in [0.15, 0.2) is 5.60 Å². The fourth-order valence-corrected chi connectivity index (χ4v) is 10.3. The Morgan fingerprint density at radius 3 is 1.80 bits per heavy atom. The Bertz CT molecular complexity index is 3170. The molecule has 15 nitrogen and oxygen atoms in total. The highest BCUT2D eigenvalue weighted by Crippen LogP contribution is 2.41. The molecule has 0 saturated carbocycles. The molecule has 75 heavy (non-hydrogen) atoms. The van der Waals surface area contributed by atoms with E-state index in [4.69, 9.17) is 19.2 Å². The molecule has 0 amide bonds. The number of carbonyl (C=O) groups is 2. The van der Waals surface area contributed by atoms with Gasteiger partial charge in [-0.25, -0.2) is 9.78 Å². The number of cyclic esters (lactones) is 1. The molecule has 0 unspecified atom stereocenters. The molecule has 15 heteroatoms. The summed E-state index contributed by atoms with van der Waals surface area (Å²) in [5.74, 6) is 0.117. The molecule has 0 aliphatic carbocycles. The predicted octanol–water partition coefficient (Wildman–Crippen LogP) is 9.17. The summed E-state index contributed by atoms with van der Waals surface area (Å²) in [6.45, 7) is 8.13. The average molecular weight is 1010 g/mol. The first-order chi connectivity index (χ1) is 36.6. The van der Waals surface area contributed by atoms with Crippen molar-refractivity contribution >= 4 is 22.8 Å². The smallest absolute Gasteiger partial charge is 0.343 e. The summed E-state index contributed by atoms with van der Waals surface area (Å²) in [5.41, 5.74) is 8.19. The molecule has 1 N–H and O–H groups in total. The molecule has 6 aromatic heterocycles. The van der Waals surface area contributed by atoms with E-state index in [-0.39, 0.29) is 48.6 Å². The van der Waals surface area contributed by atoms with Crippen molar-refractivity contribution in [3.8, 4) is 22.9 Å². The van der Waals surface area contributed by atoms with Gasteiger partial charge < -0.3 is 23.9 Å². The lowest BCUT2D eigenvalue weighted by molar-refractivity contribution is -0.172. The Kier molecular flexibility index (Phi) is 15.5. The number of hydrogen-bond donors (Lipinski definition) is 1. The number of unbranched alkanes of at least 4 members (excludes halogenated alkanes) is 2. The molecule has 2 aliphatic heterocycles. The molecule has 382 valence electrons. The summed E-state index contributed by atoms with van der Waals surface area (Å²) in [6, 6.07) is 37.6. The van der Waals surface area contributed by atoms with Crippen molar-refractivity contribution in [3.63, 3.8) is 0 Å². The van der Waals surface area contributed by atoms with Gasteiger partial charge in [-0.3, -0.25) is 39.3 Å². The van der Waals surface area contributed by atoms with Crippen LogP contribution in [-0.4, -0.2) is 62.9 Å². The minimum Gasteiger partial charge on any atom is -0.494 e. The number of ether oxygens (including phenoxy) is 3. The molecule has 0 radical (unpaired) electrons. The third kappa shape index (κ3) is 11.7. The predicted molar refractivity (Wildman–Crippen MR) is 283 cm³/mol. The molecule has 2 aliphatic rings. The standard InChI is InChI=1S/C60H60N8O7/c1-3-49-50-31-47(21-22-54(50)65-57-51(49)39-68-55(57)32-53-52(58(68)70)40-74-59(71)60(53,72)4-2)75-56(69)20-6-5-15-27-73-48-29-41(33-66(35-43-16-7-11-23-61-43)36-44-17-8-12-24-62-44)28-42(30-48)34-67(37-45-18-9-13-25-63-45)38-46-19-10-14-26-64-46/h7-14,16-19,21-26,28-32,72H,3-6,15,20,27,33-40H2,1-2H3/t60-/m1/s1. The van der Waals surface area contributed by atoms with E-state index in [1.807, 2.05) is 117 Å². The second-order valence-electron chi connectivity index (χ2n) is 19.2. The monoisotopic (exact) mass is 1000 g/mol. The summed E-state index contributed by atoms with van der Waals surface area (Å²) >= 11 is 0. The molecule has 2 aromatic carbocycles. The van der Waals surface area contributed by atoms with Crippen LogP contribution >= 0.6 is 0 Å². The van der Waals surface area contributed by atoms with Crippen LogP contribution in [0.4, 0.5) is 0 Å². The molecule has 0 fully saturated rings. The number of rotatable bonds is 22. The normalized spacial score (nSPS) is 14.7. The maximum absolute atomic E-state index is 13.8. The summed E-state index contributed by atoms with van der Waals surface area (Å²) in [7, 11) is 0. The van der Waals surface area contributed by atoms with Crippen molar-refractivity contribution in [2.75, 3.05) is 6.61 Å². The number of nitrogens with zero attached hydrogens (tertiary/aromatic N) is 8. The molecule has 0 bridgehead atoms. The highest BCUT2D eigenvalue weighted by atomic mass is 16.6. The molecule has 0 saturated heterocycles. The van der Waals surface area contributed by atoms with Gasteiger partial charge in [0.05, 0.1) is 58.4 Å². The summed E-state index contributed by atoms with van der Waals surface area (Å²) in [6.07, 6.45) is 10.4. The second-order valence-corrected chi connectivity index (χ2v) is 19.2. The van der Waals surface area contributed by atoms with Gasteiger partial charge in [0.25, 0.3) is 5.56 Å². The Hall–Kier alpha value is -7.98. The van der Waals surface area contributed by atoms with Crippen molar-refractivity contribution in [1.29, 1.82) is 0 Å². The van der Waals surface area contributed by atoms with Gasteiger partial charge in [-0.1, -0.05) is 44.2 Å². The topological polar surface area (TPSA) is 175 Å². The van der Waals surface area contributed by atoms with E-state index in [0.29, 0.717) is 81.4 Å². The van der Waals surface area contributed by atoms with Crippen LogP contribution in [0.3, 0.4) is 0 Å². The molecule has 0 spiro atoms. The van der Waals surface area contributed by atoms with Crippen molar-refractivity contribution in [1.82, 2.24) is 39.3 Å². The number of esters is 2. The quantitative estimate of drug-likeness (QED) is 0.0387. The zero-order chi connectivity index (χ0) is 51.7. The number of fused-ring (bicyclic) bond motifs is 5. The zero-order valence-corrected chi connectivity index (χ0v) is 42.4. The highest BCUT2D eigenvalue weighted by Gasteiger charge is 2.45. The molecule has 8 aromatic rings. The van der Waals surface area contributed by atoms with E-state index in [1.54, 1.807) is 23.6 Å². The summed E-state index contributed by atoms with van der Waals surface area (Å²) in [5, 5.41) is 12.1. The summed E-state index contributed by atoms with van der Waals surface area (Å²) < 4.78 is 19.3. The van der Waals surface area contributed by atoms with Gasteiger partial charge in [-0.2, -0.15) is 0 Å². The van der Waals surface area contributed by atoms with Crippen LogP contribution in [0, 0.1) is 0 Å². The van der Waals surface area contributed by atoms with Gasteiger partial charge in [-0.05, 0) is 134 Å². The Labute approximate surface area is 435 Å². The van der Waals surface area contributed by atoms with E-state index in [2.05, 4.69) is 47.9 Å². The van der Waals surface area contributed by atoms with E-state index in [9.17, 15) is 19.5 Å². The minimum atomic E-state index is -1.90. The lowest BCUT2D eigenvalue weighted by Crippen LogP contribution is -2.44. The van der Waals surface area contributed by atoms with Crippen LogP contribution in [0.2, 0.25) is 0 Å². The van der Waals surface area contributed by atoms with Crippen molar-refractivity contribution < 1.29 is 28.9 Å². The largest absolute Gasteiger partial charge is 0.494 e. The Morgan fingerprint density at radius 2 is 1.27 bits per heavy atom. The zero-order valence-electron chi connectivity index (χ0n) is 42.4. The number of pyridine rings is 6. The molecule has 1 atom stereocenters. The van der Waals surface area contributed by atoms with Gasteiger partial charge >= 0.3 is 11.9 Å². The number of benzene rings is 2. The van der Waals surface area contributed by atoms with E-state index < -0.39 is 11.6 Å². The highest BCUT2D eigenvalue weighted by molar-refractivity contribution is 5.90. The minimum absolute atomic E-state index is 0.0676. The SMILES string of the molecule is CCc1c2c(nc3ccc(OC(=O)CCCCCOc4cc(CN(Cc5ccccn5)Cc5ccccn5)cc(CN(Cc5ccccn5)Cc5ccccn5)c4)cc13)-c1cc3c(c(=O)n1C2)COC(=O)[C@@]3(O)CC. The van der Waals surface area contributed by atoms with E-state index >= 15 is 0 Å². The van der Waals surface area contributed by atoms with Crippen molar-refractivity contribution in [3.05, 3.63) is 207 Å². The average Bonchev–Trinajstić information content (AvgIpc) is 3.80. The molecular formula is C60H60N8O7. The van der Waals surface area contributed by atoms with Gasteiger partial charge in [0.2, 0.25) is 0 Å². The maximum Gasteiger partial charge on any atom is 0.343 e. The van der Waals surface area contributed by atoms with E-state index in [1.165, 1.54) is 0 Å². The third-order valence-corrected chi connectivity index (χ3v) is 13.9. The maximum atomic E-state index is 13.8. The van der Waals surface area contributed by atoms with Crippen molar-refractivity contribution in [2.24, 2.45) is 0 Å². The lowest BCUT2D eigenvalue weighted by atomic mass is 9.86. The first-order valence-electron chi connectivity index (χ1n) is 25.8. The molecule has 8 heterocycles. The van der Waals surface area contributed by atoms with Gasteiger partial charge in [0, 0.05) is 87.0 Å². The second kappa shape index (κ2) is 23.1. The van der Waals surface area contributed by atoms with Crippen LogP contribution in [0.25, 0.3) is 22.3 Å². The van der Waals surface area contributed by atoms with Crippen LogP contribution < -0.4 is 15.0 Å². The first kappa shape index (κ1) is 50.5. The van der Waals surface area contributed by atoms with Gasteiger partial charge in [0.1, 0.15) is 18.1 Å². The number of aliphatic hydroxyl groups is 1. The number of hydrogen-bond acceptors (Lipinski definition) is 14. The Balaban J connectivity index is 0.803. The van der Waals surface area contributed by atoms with Crippen LogP contribution in [0.1, 0.15) is 102 Å². The van der Waals surface area contributed by atoms with Crippen molar-refractivity contribution in [2.45, 2.75) is 110 Å². The van der Waals surface area contributed by atoms with Crippen LogP contribution in [-0.2, 0) is 78.8 Å². The number of aromatic nitrogens is 6. The number of aryl methyl sites for hydroxylation is 1. The molecule has 10 rings (SSSR count). The third-order valence-electron chi connectivity index (χ3n) is 13.9. The summed E-state index contributed by atoms with van der Waals surface area (Å²) in [4.78, 5) is 68.0. The number of carbonyl (C=O) groups excluding carboxylic acids is 2. The lowest BCUT2D eigenvalue weighted by Gasteiger charge is -2.31.